The van der Waals surface area contributed by atoms with Gasteiger partial charge in [0.1, 0.15) is 0 Å². The van der Waals surface area contributed by atoms with Crippen molar-refractivity contribution in [3.8, 4) is 0 Å². The highest BCUT2D eigenvalue weighted by atomic mass is 16.2. The molecule has 0 fully saturated rings. The lowest BCUT2D eigenvalue weighted by Gasteiger charge is -2.06. The number of carbonyl (C=O) groups excluding carboxylic acids is 2. The van der Waals surface area contributed by atoms with Crippen molar-refractivity contribution >= 4 is 11.8 Å². The van der Waals surface area contributed by atoms with Crippen LogP contribution in [0.4, 0.5) is 0 Å². The first-order valence-electron chi connectivity index (χ1n) is 4.53. The first-order chi connectivity index (χ1) is 6.70. The Morgan fingerprint density at radius 3 is 2.07 bits per heavy atom. The molecule has 0 saturated heterocycles. The summed E-state index contributed by atoms with van der Waals surface area (Å²) in [6.45, 7) is 1.54. The minimum atomic E-state index is -0.184. The van der Waals surface area contributed by atoms with Gasteiger partial charge < -0.3 is 21.3 Å². The van der Waals surface area contributed by atoms with Crippen molar-refractivity contribution in [2.45, 2.75) is 0 Å². The molecule has 2 amide bonds. The number of carbonyl (C=O) groups is 2. The highest BCUT2D eigenvalue weighted by Gasteiger charge is 2.02. The van der Waals surface area contributed by atoms with Gasteiger partial charge in [-0.05, 0) is 14.1 Å². The molecule has 6 nitrogen and oxygen atoms in total. The lowest BCUT2D eigenvalue weighted by atomic mass is 10.5. The molecular formula is C8H18N4O2. The second-order valence-corrected chi connectivity index (χ2v) is 2.76. The Morgan fingerprint density at radius 1 is 0.857 bits per heavy atom. The van der Waals surface area contributed by atoms with Crippen LogP contribution >= 0.6 is 0 Å². The Morgan fingerprint density at radius 2 is 1.50 bits per heavy atom. The van der Waals surface area contributed by atoms with Crippen LogP contribution in [-0.4, -0.2) is 52.1 Å². The quantitative estimate of drug-likeness (QED) is 0.349. The van der Waals surface area contributed by atoms with Crippen LogP contribution in [0.5, 0.6) is 0 Å². The van der Waals surface area contributed by atoms with Gasteiger partial charge in [-0.25, -0.2) is 0 Å². The van der Waals surface area contributed by atoms with Gasteiger partial charge >= 0.3 is 0 Å². The molecule has 0 radical (unpaired) electrons. The van der Waals surface area contributed by atoms with E-state index < -0.39 is 0 Å². The average Bonchev–Trinajstić information content (AvgIpc) is 2.16. The second-order valence-electron chi connectivity index (χ2n) is 2.76. The summed E-state index contributed by atoms with van der Waals surface area (Å²) in [6, 6.07) is 0. The lowest BCUT2D eigenvalue weighted by Crippen LogP contribution is -2.41. The van der Waals surface area contributed by atoms with Gasteiger partial charge in [0, 0.05) is 13.1 Å². The predicted molar refractivity (Wildman–Crippen MR) is 53.9 cm³/mol. The first-order valence-corrected chi connectivity index (χ1v) is 4.53. The average molecular weight is 202 g/mol. The zero-order valence-corrected chi connectivity index (χ0v) is 8.64. The Bertz CT molecular complexity index is 184. The van der Waals surface area contributed by atoms with Crippen LogP contribution in [0.2, 0.25) is 0 Å². The highest BCUT2D eigenvalue weighted by molar-refractivity contribution is 5.85. The number of likely N-dealkylation sites (N-methyl/N-ethyl adjacent to an activating group) is 2. The third-order valence-electron chi connectivity index (χ3n) is 1.48. The predicted octanol–water partition coefficient (Wildman–Crippen LogP) is -2.34. The van der Waals surface area contributed by atoms with Crippen LogP contribution in [0, 0.1) is 0 Å². The Kier molecular flexibility index (Phi) is 7.77. The summed E-state index contributed by atoms with van der Waals surface area (Å²) in [5, 5.41) is 10.7. The Hall–Kier alpha value is -1.14. The smallest absolute Gasteiger partial charge is 0.239 e. The van der Waals surface area contributed by atoms with Gasteiger partial charge in [0.05, 0.1) is 13.1 Å². The van der Waals surface area contributed by atoms with Crippen molar-refractivity contribution in [1.29, 1.82) is 0 Å². The van der Waals surface area contributed by atoms with Crippen LogP contribution in [0.3, 0.4) is 0 Å². The highest BCUT2D eigenvalue weighted by Crippen LogP contribution is 1.66. The maximum absolute atomic E-state index is 11.1. The molecule has 0 saturated carbocycles. The summed E-state index contributed by atoms with van der Waals surface area (Å²) >= 11 is 0. The van der Waals surface area contributed by atoms with Crippen molar-refractivity contribution < 1.29 is 9.59 Å². The van der Waals surface area contributed by atoms with Crippen LogP contribution in [-0.2, 0) is 9.59 Å². The van der Waals surface area contributed by atoms with Crippen molar-refractivity contribution in [1.82, 2.24) is 21.3 Å². The summed E-state index contributed by atoms with van der Waals surface area (Å²) in [5.41, 5.74) is 0. The zero-order valence-electron chi connectivity index (χ0n) is 8.64. The number of rotatable bonds is 7. The van der Waals surface area contributed by atoms with Crippen LogP contribution in [0.1, 0.15) is 0 Å². The van der Waals surface area contributed by atoms with E-state index in [1.54, 1.807) is 14.1 Å². The Labute approximate surface area is 83.8 Å². The third kappa shape index (κ3) is 7.51. The SMILES string of the molecule is CNCCNC(=O)CNC(=O)CNC. The number of hydrogen-bond donors (Lipinski definition) is 4. The summed E-state index contributed by atoms with van der Waals surface area (Å²) in [6.07, 6.45) is 0. The summed E-state index contributed by atoms with van der Waals surface area (Å²) in [7, 11) is 3.48. The third-order valence-corrected chi connectivity index (χ3v) is 1.48. The molecule has 4 N–H and O–H groups in total. The van der Waals surface area contributed by atoms with Crippen molar-refractivity contribution in [3.05, 3.63) is 0 Å². The zero-order chi connectivity index (χ0) is 10.8. The summed E-state index contributed by atoms with van der Waals surface area (Å²) in [4.78, 5) is 22.0. The van der Waals surface area contributed by atoms with Gasteiger partial charge in [-0.2, -0.15) is 0 Å². The monoisotopic (exact) mass is 202 g/mol. The number of hydrogen-bond acceptors (Lipinski definition) is 4. The number of nitrogens with one attached hydrogen (secondary N) is 4. The number of amides is 2. The molecule has 0 heterocycles. The fourth-order valence-corrected chi connectivity index (χ4v) is 0.791. The van der Waals surface area contributed by atoms with Crippen molar-refractivity contribution in [2.75, 3.05) is 40.3 Å². The maximum atomic E-state index is 11.1. The van der Waals surface area contributed by atoms with Crippen LogP contribution in [0.15, 0.2) is 0 Å². The van der Waals surface area contributed by atoms with Gasteiger partial charge in [-0.1, -0.05) is 0 Å². The first kappa shape index (κ1) is 12.9. The lowest BCUT2D eigenvalue weighted by molar-refractivity contribution is -0.125. The van der Waals surface area contributed by atoms with Crippen LogP contribution < -0.4 is 21.3 Å². The maximum Gasteiger partial charge on any atom is 0.239 e. The standard InChI is InChI=1S/C8H18N4O2/c1-9-3-4-11-8(14)6-12-7(13)5-10-2/h9-10H,3-6H2,1-2H3,(H,11,14)(H,12,13). The van der Waals surface area contributed by atoms with Crippen molar-refractivity contribution in [2.24, 2.45) is 0 Å². The molecule has 0 aliphatic heterocycles. The minimum Gasteiger partial charge on any atom is -0.353 e. The molecule has 14 heavy (non-hydrogen) atoms. The molecule has 0 aromatic rings. The van der Waals surface area contributed by atoms with E-state index in [9.17, 15) is 9.59 Å². The van der Waals surface area contributed by atoms with E-state index in [-0.39, 0.29) is 24.9 Å². The van der Waals surface area contributed by atoms with Crippen molar-refractivity contribution in [3.63, 3.8) is 0 Å². The normalized spacial score (nSPS) is 9.57. The topological polar surface area (TPSA) is 82.3 Å². The molecule has 0 aliphatic carbocycles. The van der Waals surface area contributed by atoms with Gasteiger partial charge in [0.2, 0.25) is 11.8 Å². The second kappa shape index (κ2) is 8.46. The largest absolute Gasteiger partial charge is 0.353 e. The van der Waals surface area contributed by atoms with Gasteiger partial charge in [0.15, 0.2) is 0 Å². The molecule has 0 rings (SSSR count). The molecule has 0 unspecified atom stereocenters. The summed E-state index contributed by atoms with van der Waals surface area (Å²) in [5.74, 6) is -0.360. The van der Waals surface area contributed by atoms with E-state index >= 15 is 0 Å². The van der Waals surface area contributed by atoms with E-state index in [2.05, 4.69) is 21.3 Å². The van der Waals surface area contributed by atoms with Gasteiger partial charge in [0.25, 0.3) is 0 Å². The summed E-state index contributed by atoms with van der Waals surface area (Å²) < 4.78 is 0. The molecule has 0 spiro atoms. The minimum absolute atomic E-state index is 0.0320. The van der Waals surface area contributed by atoms with E-state index in [0.717, 1.165) is 6.54 Å². The van der Waals surface area contributed by atoms with E-state index in [0.29, 0.717) is 6.54 Å². The molecule has 82 valence electrons. The Balaban J connectivity index is 3.39. The fraction of sp³-hybridized carbons (Fsp3) is 0.750. The van der Waals surface area contributed by atoms with E-state index in [1.807, 2.05) is 0 Å². The molecule has 0 aromatic carbocycles. The van der Waals surface area contributed by atoms with E-state index in [4.69, 9.17) is 0 Å². The van der Waals surface area contributed by atoms with Gasteiger partial charge in [-0.15, -0.1) is 0 Å². The molecular weight excluding hydrogens is 184 g/mol. The van der Waals surface area contributed by atoms with Crippen LogP contribution in [0.25, 0.3) is 0 Å². The molecule has 0 aliphatic rings. The molecule has 0 atom stereocenters. The molecule has 6 heteroatoms. The fourth-order valence-electron chi connectivity index (χ4n) is 0.791. The van der Waals surface area contributed by atoms with E-state index in [1.165, 1.54) is 0 Å². The molecule has 0 aromatic heterocycles. The van der Waals surface area contributed by atoms with Gasteiger partial charge in [-0.3, -0.25) is 9.59 Å². The molecule has 0 bridgehead atoms.